The van der Waals surface area contributed by atoms with Gasteiger partial charge in [0.2, 0.25) is 5.58 Å². The van der Waals surface area contributed by atoms with Crippen LogP contribution in [-0.4, -0.2) is 29.3 Å². The average molecular weight is 368 g/mol. The Morgan fingerprint density at radius 1 is 1.11 bits per heavy atom. The van der Waals surface area contributed by atoms with Gasteiger partial charge in [0.05, 0.1) is 14.2 Å². The average Bonchev–Trinajstić information content (AvgIpc) is 3.17. The smallest absolute Gasteiger partial charge is 0.227 e. The number of nitrogens with one attached hydrogen (secondary N) is 1. The van der Waals surface area contributed by atoms with Crippen LogP contribution in [0.2, 0.25) is 0 Å². The summed E-state index contributed by atoms with van der Waals surface area (Å²) >= 11 is 0. The third kappa shape index (κ3) is 3.54. The fraction of sp³-hybridized carbons (Fsp3) is 0.450. The highest BCUT2D eigenvalue weighted by Gasteiger charge is 2.24. The number of aromatic nitrogens is 3. The summed E-state index contributed by atoms with van der Waals surface area (Å²) in [6.07, 6.45) is 7.66. The molecule has 0 unspecified atom stereocenters. The van der Waals surface area contributed by atoms with Crippen LogP contribution in [0, 0.1) is 0 Å². The number of hydrogen-bond donors (Lipinski definition) is 1. The standard InChI is InChI=1S/C20H24N4O3/c1-25-15-9-8-14(16(10-15)26-2)11-21-20-19-18(22-12-23-20)17(24-27-19)13-6-4-3-5-7-13/h8-10,12-13H,3-7,11H2,1-2H3,(H,21,22,23). The zero-order valence-corrected chi connectivity index (χ0v) is 15.7. The van der Waals surface area contributed by atoms with Gasteiger partial charge in [-0.25, -0.2) is 9.97 Å². The molecule has 0 aliphatic heterocycles. The van der Waals surface area contributed by atoms with Crippen molar-refractivity contribution in [2.45, 2.75) is 44.6 Å². The van der Waals surface area contributed by atoms with Crippen molar-refractivity contribution >= 4 is 16.9 Å². The van der Waals surface area contributed by atoms with Crippen LogP contribution in [0.5, 0.6) is 11.5 Å². The van der Waals surface area contributed by atoms with Crippen molar-refractivity contribution in [1.29, 1.82) is 0 Å². The molecule has 2 aromatic heterocycles. The van der Waals surface area contributed by atoms with E-state index in [-0.39, 0.29) is 0 Å². The van der Waals surface area contributed by atoms with Crippen LogP contribution >= 0.6 is 0 Å². The van der Waals surface area contributed by atoms with Crippen LogP contribution in [-0.2, 0) is 6.54 Å². The van der Waals surface area contributed by atoms with Crippen molar-refractivity contribution in [3.05, 3.63) is 35.8 Å². The monoisotopic (exact) mass is 368 g/mol. The van der Waals surface area contributed by atoms with Gasteiger partial charge in [0.1, 0.15) is 29.0 Å². The first kappa shape index (κ1) is 17.6. The zero-order chi connectivity index (χ0) is 18.6. The Hall–Kier alpha value is -2.83. The Bertz CT molecular complexity index is 919. The molecule has 0 radical (unpaired) electrons. The number of methoxy groups -OCH3 is 2. The van der Waals surface area contributed by atoms with Crippen LogP contribution < -0.4 is 14.8 Å². The van der Waals surface area contributed by atoms with Crippen molar-refractivity contribution in [2.24, 2.45) is 0 Å². The molecular weight excluding hydrogens is 344 g/mol. The summed E-state index contributed by atoms with van der Waals surface area (Å²) in [6, 6.07) is 5.74. The molecule has 0 amide bonds. The number of benzene rings is 1. The van der Waals surface area contributed by atoms with Crippen LogP contribution in [0.4, 0.5) is 5.82 Å². The normalized spacial score (nSPS) is 15.0. The Balaban J connectivity index is 1.57. The van der Waals surface area contributed by atoms with Gasteiger partial charge in [0.15, 0.2) is 5.82 Å². The summed E-state index contributed by atoms with van der Waals surface area (Å²) in [5, 5.41) is 7.66. The Morgan fingerprint density at radius 3 is 2.74 bits per heavy atom. The number of rotatable bonds is 6. The quantitative estimate of drug-likeness (QED) is 0.695. The van der Waals surface area contributed by atoms with Crippen molar-refractivity contribution in [1.82, 2.24) is 15.1 Å². The molecule has 7 nitrogen and oxygen atoms in total. The molecule has 7 heteroatoms. The molecule has 0 saturated heterocycles. The third-order valence-electron chi connectivity index (χ3n) is 5.21. The van der Waals surface area contributed by atoms with E-state index in [1.165, 1.54) is 19.3 Å². The lowest BCUT2D eigenvalue weighted by molar-refractivity contribution is 0.391. The van der Waals surface area contributed by atoms with E-state index in [1.807, 2.05) is 18.2 Å². The number of hydrogen-bond acceptors (Lipinski definition) is 7. The van der Waals surface area contributed by atoms with E-state index < -0.39 is 0 Å². The molecule has 1 saturated carbocycles. The van der Waals surface area contributed by atoms with E-state index in [4.69, 9.17) is 14.0 Å². The molecule has 1 aliphatic carbocycles. The van der Waals surface area contributed by atoms with E-state index in [0.717, 1.165) is 41.1 Å². The van der Waals surface area contributed by atoms with E-state index in [2.05, 4.69) is 20.4 Å². The molecule has 1 fully saturated rings. The SMILES string of the molecule is COc1ccc(CNc2ncnc3c(C4CCCCC4)noc23)c(OC)c1. The second-order valence-electron chi connectivity index (χ2n) is 6.83. The van der Waals surface area contributed by atoms with Gasteiger partial charge < -0.3 is 19.3 Å². The van der Waals surface area contributed by atoms with E-state index in [1.54, 1.807) is 20.5 Å². The van der Waals surface area contributed by atoms with E-state index in [9.17, 15) is 0 Å². The molecule has 0 atom stereocenters. The Kier molecular flexibility index (Phi) is 5.09. The minimum Gasteiger partial charge on any atom is -0.497 e. The molecule has 0 spiro atoms. The summed E-state index contributed by atoms with van der Waals surface area (Å²) < 4.78 is 16.3. The third-order valence-corrected chi connectivity index (χ3v) is 5.21. The summed E-state index contributed by atoms with van der Waals surface area (Å²) in [4.78, 5) is 8.79. The number of nitrogens with zero attached hydrogens (tertiary/aromatic N) is 3. The topological polar surface area (TPSA) is 82.3 Å². The van der Waals surface area contributed by atoms with Gasteiger partial charge in [0.25, 0.3) is 0 Å². The first-order valence-electron chi connectivity index (χ1n) is 9.35. The zero-order valence-electron chi connectivity index (χ0n) is 15.7. The predicted octanol–water partition coefficient (Wildman–Crippen LogP) is 4.29. The second kappa shape index (κ2) is 7.82. The Labute approximate surface area is 158 Å². The van der Waals surface area contributed by atoms with Crippen molar-refractivity contribution in [3.8, 4) is 11.5 Å². The largest absolute Gasteiger partial charge is 0.497 e. The second-order valence-corrected chi connectivity index (χ2v) is 6.83. The highest BCUT2D eigenvalue weighted by molar-refractivity contribution is 5.85. The summed E-state index contributed by atoms with van der Waals surface area (Å²) in [6.45, 7) is 0.540. The van der Waals surface area contributed by atoms with Gasteiger partial charge in [-0.3, -0.25) is 0 Å². The lowest BCUT2D eigenvalue weighted by Gasteiger charge is -2.18. The van der Waals surface area contributed by atoms with Gasteiger partial charge in [0, 0.05) is 24.1 Å². The summed E-state index contributed by atoms with van der Waals surface area (Å²) in [5.41, 5.74) is 3.40. The molecule has 1 aromatic carbocycles. The highest BCUT2D eigenvalue weighted by atomic mass is 16.5. The Morgan fingerprint density at radius 2 is 1.96 bits per heavy atom. The molecule has 1 aliphatic rings. The highest BCUT2D eigenvalue weighted by Crippen LogP contribution is 2.36. The molecular formula is C20H24N4O3. The maximum Gasteiger partial charge on any atom is 0.227 e. The van der Waals surface area contributed by atoms with E-state index >= 15 is 0 Å². The van der Waals surface area contributed by atoms with Crippen LogP contribution in [0.1, 0.15) is 49.3 Å². The number of anilines is 1. The minimum absolute atomic E-state index is 0.435. The fourth-order valence-corrected chi connectivity index (χ4v) is 3.73. The van der Waals surface area contributed by atoms with Gasteiger partial charge in [-0.15, -0.1) is 0 Å². The van der Waals surface area contributed by atoms with Crippen LogP contribution in [0.15, 0.2) is 29.0 Å². The molecule has 142 valence electrons. The maximum atomic E-state index is 5.63. The van der Waals surface area contributed by atoms with Gasteiger partial charge >= 0.3 is 0 Å². The first-order chi connectivity index (χ1) is 13.3. The molecule has 0 bridgehead atoms. The van der Waals surface area contributed by atoms with Gasteiger partial charge in [-0.1, -0.05) is 24.4 Å². The molecule has 2 heterocycles. The van der Waals surface area contributed by atoms with Crippen LogP contribution in [0.25, 0.3) is 11.1 Å². The fourth-order valence-electron chi connectivity index (χ4n) is 3.73. The van der Waals surface area contributed by atoms with Crippen LogP contribution in [0.3, 0.4) is 0 Å². The van der Waals surface area contributed by atoms with Crippen molar-refractivity contribution in [3.63, 3.8) is 0 Å². The van der Waals surface area contributed by atoms with E-state index in [0.29, 0.717) is 23.9 Å². The molecule has 27 heavy (non-hydrogen) atoms. The first-order valence-corrected chi connectivity index (χ1v) is 9.35. The summed E-state index contributed by atoms with van der Waals surface area (Å²) in [5.74, 6) is 2.59. The maximum absolute atomic E-state index is 5.63. The molecule has 3 aromatic rings. The number of ether oxygens (including phenoxy) is 2. The number of fused-ring (bicyclic) bond motifs is 1. The van der Waals surface area contributed by atoms with Crippen molar-refractivity contribution in [2.75, 3.05) is 19.5 Å². The molecule has 1 N–H and O–H groups in total. The van der Waals surface area contributed by atoms with Gasteiger partial charge in [-0.05, 0) is 25.0 Å². The lowest BCUT2D eigenvalue weighted by Crippen LogP contribution is -2.06. The van der Waals surface area contributed by atoms with Crippen molar-refractivity contribution < 1.29 is 14.0 Å². The molecule has 4 rings (SSSR count). The minimum atomic E-state index is 0.435. The predicted molar refractivity (Wildman–Crippen MR) is 102 cm³/mol. The van der Waals surface area contributed by atoms with Gasteiger partial charge in [-0.2, -0.15) is 0 Å². The summed E-state index contributed by atoms with van der Waals surface area (Å²) in [7, 11) is 3.28. The lowest BCUT2D eigenvalue weighted by atomic mass is 9.86.